The molecule has 1 aliphatic heterocycles. The molecule has 3 atom stereocenters. The maximum Gasteiger partial charge on any atom is 0.288 e. The number of nitro groups is 1. The normalized spacial score (nSPS) is 20.5. The number of hydrogen-bond donors (Lipinski definition) is 1. The largest absolute Gasteiger partial charge is 0.378 e. The van der Waals surface area contributed by atoms with Crippen molar-refractivity contribution in [2.45, 2.75) is 18.4 Å². The summed E-state index contributed by atoms with van der Waals surface area (Å²) in [7, 11) is 1.77. The summed E-state index contributed by atoms with van der Waals surface area (Å²) in [5, 5.41) is 15.1. The fraction of sp³-hybridized carbons (Fsp3) is 0.192. The summed E-state index contributed by atoms with van der Waals surface area (Å²) < 4.78 is 0. The SMILES string of the molecule is CN(C(=O)c1ccc2c(c1)C1C=CCC1C(c1ccc(Cl)c([N+](=O)[O-])c1)N2)c1ccccc1. The average Bonchev–Trinajstić information content (AvgIpc) is 3.33. The Balaban J connectivity index is 1.48. The number of amides is 1. The van der Waals surface area contributed by atoms with Crippen molar-refractivity contribution in [3.63, 3.8) is 0 Å². The molecule has 0 saturated heterocycles. The van der Waals surface area contributed by atoms with E-state index in [0.717, 1.165) is 28.9 Å². The molecule has 1 N–H and O–H groups in total. The van der Waals surface area contributed by atoms with Gasteiger partial charge in [0, 0.05) is 36.0 Å². The van der Waals surface area contributed by atoms with Gasteiger partial charge in [-0.3, -0.25) is 14.9 Å². The Bertz CT molecular complexity index is 1280. The van der Waals surface area contributed by atoms with E-state index in [1.165, 1.54) is 0 Å². The van der Waals surface area contributed by atoms with Gasteiger partial charge in [-0.1, -0.05) is 48.0 Å². The average molecular weight is 460 g/mol. The number of nitro benzene ring substituents is 1. The minimum atomic E-state index is -0.450. The van der Waals surface area contributed by atoms with Gasteiger partial charge < -0.3 is 10.2 Å². The van der Waals surface area contributed by atoms with Crippen LogP contribution in [0, 0.1) is 16.0 Å². The van der Waals surface area contributed by atoms with Gasteiger partial charge >= 0.3 is 0 Å². The Kier molecular flexibility index (Phi) is 5.38. The number of anilines is 2. The Morgan fingerprint density at radius 2 is 1.91 bits per heavy atom. The van der Waals surface area contributed by atoms with E-state index >= 15 is 0 Å². The monoisotopic (exact) mass is 459 g/mol. The maximum atomic E-state index is 13.2. The summed E-state index contributed by atoms with van der Waals surface area (Å²) in [4.78, 5) is 25.7. The van der Waals surface area contributed by atoms with Crippen LogP contribution in [0.3, 0.4) is 0 Å². The van der Waals surface area contributed by atoms with Crippen LogP contribution in [0.15, 0.2) is 78.9 Å². The molecule has 0 spiro atoms. The van der Waals surface area contributed by atoms with Gasteiger partial charge in [-0.05, 0) is 59.9 Å². The predicted octanol–water partition coefficient (Wildman–Crippen LogP) is 6.35. The molecule has 3 aromatic rings. The molecule has 3 aromatic carbocycles. The highest BCUT2D eigenvalue weighted by atomic mass is 35.5. The number of allylic oxidation sites excluding steroid dienone is 2. The number of carbonyl (C=O) groups is 1. The molecule has 0 fully saturated rings. The van der Waals surface area contributed by atoms with Crippen molar-refractivity contribution >= 4 is 34.6 Å². The first-order chi connectivity index (χ1) is 15.9. The maximum absolute atomic E-state index is 13.2. The van der Waals surface area contributed by atoms with Crippen molar-refractivity contribution in [2.75, 3.05) is 17.3 Å². The van der Waals surface area contributed by atoms with Crippen molar-refractivity contribution in [1.82, 2.24) is 0 Å². The number of rotatable bonds is 4. The lowest BCUT2D eigenvalue weighted by Crippen LogP contribution is -2.30. The highest BCUT2D eigenvalue weighted by Gasteiger charge is 2.39. The van der Waals surface area contributed by atoms with Crippen LogP contribution in [-0.2, 0) is 0 Å². The molecule has 0 saturated carbocycles. The van der Waals surface area contributed by atoms with Crippen molar-refractivity contribution in [2.24, 2.45) is 5.92 Å². The van der Waals surface area contributed by atoms with Crippen LogP contribution in [0.5, 0.6) is 0 Å². The van der Waals surface area contributed by atoms with Crippen LogP contribution in [0.4, 0.5) is 17.1 Å². The first kappa shape index (κ1) is 21.2. The lowest BCUT2D eigenvalue weighted by molar-refractivity contribution is -0.384. The fourth-order valence-electron chi connectivity index (χ4n) is 4.88. The Morgan fingerprint density at radius 1 is 1.12 bits per heavy atom. The number of nitrogens with zero attached hydrogens (tertiary/aromatic N) is 2. The molecule has 5 rings (SSSR count). The molecule has 1 heterocycles. The van der Waals surface area contributed by atoms with Gasteiger partial charge in [0.2, 0.25) is 0 Å². The zero-order valence-corrected chi connectivity index (χ0v) is 18.7. The number of para-hydroxylation sites is 1. The minimum absolute atomic E-state index is 0.0713. The molecular formula is C26H22ClN3O3. The summed E-state index contributed by atoms with van der Waals surface area (Å²) >= 11 is 6.03. The van der Waals surface area contributed by atoms with E-state index in [2.05, 4.69) is 17.5 Å². The van der Waals surface area contributed by atoms with E-state index < -0.39 is 4.92 Å². The molecular weight excluding hydrogens is 438 g/mol. The van der Waals surface area contributed by atoms with Crippen LogP contribution in [0.25, 0.3) is 0 Å². The van der Waals surface area contributed by atoms with Gasteiger partial charge in [-0.15, -0.1) is 0 Å². The number of halogens is 1. The smallest absolute Gasteiger partial charge is 0.288 e. The van der Waals surface area contributed by atoms with Gasteiger partial charge in [0.05, 0.1) is 11.0 Å². The molecule has 2 aliphatic rings. The second-order valence-corrected chi connectivity index (χ2v) is 8.85. The second-order valence-electron chi connectivity index (χ2n) is 8.45. The van der Waals surface area contributed by atoms with Crippen molar-refractivity contribution in [3.8, 4) is 0 Å². The molecule has 0 bridgehead atoms. The number of nitrogens with one attached hydrogen (secondary N) is 1. The highest BCUT2D eigenvalue weighted by Crippen LogP contribution is 2.50. The van der Waals surface area contributed by atoms with E-state index in [1.54, 1.807) is 24.1 Å². The molecule has 1 amide bonds. The Morgan fingerprint density at radius 3 is 2.67 bits per heavy atom. The fourth-order valence-corrected chi connectivity index (χ4v) is 5.07. The summed E-state index contributed by atoms with van der Waals surface area (Å²) in [6.07, 6.45) is 5.17. The van der Waals surface area contributed by atoms with E-state index in [1.807, 2.05) is 54.6 Å². The van der Waals surface area contributed by atoms with Crippen LogP contribution < -0.4 is 10.2 Å². The van der Waals surface area contributed by atoms with Crippen molar-refractivity contribution in [1.29, 1.82) is 0 Å². The lowest BCUT2D eigenvalue weighted by Gasteiger charge is -2.37. The molecule has 0 aromatic heterocycles. The van der Waals surface area contributed by atoms with Gasteiger partial charge in [0.25, 0.3) is 11.6 Å². The van der Waals surface area contributed by atoms with Crippen LogP contribution in [-0.4, -0.2) is 17.9 Å². The number of benzene rings is 3. The second kappa shape index (κ2) is 8.37. The minimum Gasteiger partial charge on any atom is -0.378 e. The number of carbonyl (C=O) groups excluding carboxylic acids is 1. The third-order valence-electron chi connectivity index (χ3n) is 6.58. The zero-order chi connectivity index (χ0) is 23.1. The third-order valence-corrected chi connectivity index (χ3v) is 6.90. The molecule has 6 nitrogen and oxygen atoms in total. The Labute approximate surface area is 196 Å². The van der Waals surface area contributed by atoms with E-state index in [0.29, 0.717) is 5.56 Å². The first-order valence-electron chi connectivity index (χ1n) is 10.8. The molecule has 7 heteroatoms. The summed E-state index contributed by atoms with van der Waals surface area (Å²) in [5.41, 5.74) is 4.21. The van der Waals surface area contributed by atoms with Gasteiger partial charge in [-0.25, -0.2) is 0 Å². The zero-order valence-electron chi connectivity index (χ0n) is 17.9. The molecule has 0 radical (unpaired) electrons. The standard InChI is InChI=1S/C26H22ClN3O3/c1-29(18-6-3-2-4-7-18)26(31)17-11-13-23-21(14-17)19-8-5-9-20(19)25(28-23)16-10-12-22(27)24(15-16)30(32)33/h2-8,10-15,19-20,25,28H,9H2,1H3. The Hall–Kier alpha value is -3.64. The molecule has 166 valence electrons. The summed E-state index contributed by atoms with van der Waals surface area (Å²) in [6.45, 7) is 0. The molecule has 33 heavy (non-hydrogen) atoms. The molecule has 3 unspecified atom stereocenters. The van der Waals surface area contributed by atoms with E-state index in [-0.39, 0.29) is 34.5 Å². The number of hydrogen-bond acceptors (Lipinski definition) is 4. The molecule has 1 aliphatic carbocycles. The van der Waals surface area contributed by atoms with Crippen LogP contribution >= 0.6 is 11.6 Å². The van der Waals surface area contributed by atoms with E-state index in [4.69, 9.17) is 11.6 Å². The van der Waals surface area contributed by atoms with Crippen molar-refractivity contribution in [3.05, 3.63) is 111 Å². The van der Waals surface area contributed by atoms with Gasteiger partial charge in [0.1, 0.15) is 5.02 Å². The summed E-state index contributed by atoms with van der Waals surface area (Å²) in [5.74, 6) is 0.240. The highest BCUT2D eigenvalue weighted by molar-refractivity contribution is 6.32. The lowest BCUT2D eigenvalue weighted by atomic mass is 9.76. The predicted molar refractivity (Wildman–Crippen MR) is 130 cm³/mol. The topological polar surface area (TPSA) is 75.5 Å². The van der Waals surface area contributed by atoms with Crippen molar-refractivity contribution < 1.29 is 9.72 Å². The third kappa shape index (κ3) is 3.76. The van der Waals surface area contributed by atoms with Crippen LogP contribution in [0.2, 0.25) is 5.02 Å². The first-order valence-corrected chi connectivity index (χ1v) is 11.2. The quantitative estimate of drug-likeness (QED) is 0.280. The van der Waals surface area contributed by atoms with E-state index in [9.17, 15) is 14.9 Å². The van der Waals surface area contributed by atoms with Gasteiger partial charge in [-0.2, -0.15) is 0 Å². The van der Waals surface area contributed by atoms with Gasteiger partial charge in [0.15, 0.2) is 0 Å². The summed E-state index contributed by atoms with van der Waals surface area (Å²) in [6, 6.07) is 20.2. The number of fused-ring (bicyclic) bond motifs is 3. The van der Waals surface area contributed by atoms with Crippen LogP contribution in [0.1, 0.15) is 39.9 Å².